The van der Waals surface area contributed by atoms with Crippen molar-refractivity contribution in [2.45, 2.75) is 32.8 Å². The number of likely N-dealkylation sites (tertiary alicyclic amines) is 1. The number of furan rings is 1. The van der Waals surface area contributed by atoms with Crippen molar-refractivity contribution >= 4 is 21.8 Å². The van der Waals surface area contributed by atoms with Gasteiger partial charge in [-0.05, 0) is 41.9 Å². The fourth-order valence-electron chi connectivity index (χ4n) is 2.68. The second kappa shape index (κ2) is 6.70. The first kappa shape index (κ1) is 16.0. The SMILES string of the molecule is Cc1cc(OC2CCN(C(=O)c3ccc(Br)o3)CC2)nc(C)n1. The maximum absolute atomic E-state index is 12.3. The van der Waals surface area contributed by atoms with E-state index >= 15 is 0 Å². The number of amides is 1. The Hall–Kier alpha value is -1.89. The van der Waals surface area contributed by atoms with E-state index in [0.29, 0.717) is 35.2 Å². The molecule has 3 heterocycles. The first-order chi connectivity index (χ1) is 11.0. The third-order valence-electron chi connectivity index (χ3n) is 3.74. The molecule has 1 saturated heterocycles. The third kappa shape index (κ3) is 3.90. The molecule has 7 heteroatoms. The van der Waals surface area contributed by atoms with Gasteiger partial charge < -0.3 is 14.1 Å². The summed E-state index contributed by atoms with van der Waals surface area (Å²) in [6.07, 6.45) is 1.61. The highest BCUT2D eigenvalue weighted by atomic mass is 79.9. The van der Waals surface area contributed by atoms with Crippen molar-refractivity contribution in [1.29, 1.82) is 0 Å². The Kier molecular flexibility index (Phi) is 4.66. The van der Waals surface area contributed by atoms with Crippen molar-refractivity contribution in [2.75, 3.05) is 13.1 Å². The van der Waals surface area contributed by atoms with Gasteiger partial charge in [0.1, 0.15) is 11.9 Å². The van der Waals surface area contributed by atoms with Crippen LogP contribution in [0, 0.1) is 13.8 Å². The van der Waals surface area contributed by atoms with Crippen LogP contribution in [-0.4, -0.2) is 40.0 Å². The molecule has 0 spiro atoms. The molecule has 0 bridgehead atoms. The molecule has 1 aliphatic heterocycles. The Morgan fingerprint density at radius 3 is 2.65 bits per heavy atom. The summed E-state index contributed by atoms with van der Waals surface area (Å²) >= 11 is 3.21. The van der Waals surface area contributed by atoms with Gasteiger partial charge in [-0.25, -0.2) is 4.98 Å². The van der Waals surface area contributed by atoms with E-state index in [9.17, 15) is 4.79 Å². The highest BCUT2D eigenvalue weighted by Crippen LogP contribution is 2.21. The molecule has 3 rings (SSSR count). The molecule has 0 radical (unpaired) electrons. The lowest BCUT2D eigenvalue weighted by Gasteiger charge is -2.31. The number of carbonyl (C=O) groups is 1. The van der Waals surface area contributed by atoms with Gasteiger partial charge in [0.05, 0.1) is 0 Å². The van der Waals surface area contributed by atoms with Gasteiger partial charge in [-0.15, -0.1) is 0 Å². The molecule has 0 unspecified atom stereocenters. The Labute approximate surface area is 143 Å². The van der Waals surface area contributed by atoms with E-state index in [1.165, 1.54) is 0 Å². The first-order valence-electron chi connectivity index (χ1n) is 7.55. The van der Waals surface area contributed by atoms with Crippen molar-refractivity contribution in [1.82, 2.24) is 14.9 Å². The third-order valence-corrected chi connectivity index (χ3v) is 4.17. The zero-order chi connectivity index (χ0) is 16.4. The van der Waals surface area contributed by atoms with E-state index < -0.39 is 0 Å². The van der Waals surface area contributed by atoms with Crippen LogP contribution in [0.3, 0.4) is 0 Å². The van der Waals surface area contributed by atoms with Gasteiger partial charge in [0.15, 0.2) is 10.4 Å². The predicted molar refractivity (Wildman–Crippen MR) is 87.5 cm³/mol. The summed E-state index contributed by atoms with van der Waals surface area (Å²) in [5, 5.41) is 0. The van der Waals surface area contributed by atoms with Crippen LogP contribution in [0.5, 0.6) is 5.88 Å². The highest BCUT2D eigenvalue weighted by molar-refractivity contribution is 9.10. The first-order valence-corrected chi connectivity index (χ1v) is 8.34. The van der Waals surface area contributed by atoms with Crippen LogP contribution in [0.4, 0.5) is 0 Å². The van der Waals surface area contributed by atoms with Crippen LogP contribution in [0.15, 0.2) is 27.3 Å². The van der Waals surface area contributed by atoms with Crippen LogP contribution in [0.1, 0.15) is 34.9 Å². The van der Waals surface area contributed by atoms with Crippen molar-refractivity contribution < 1.29 is 13.9 Å². The average Bonchev–Trinajstić information content (AvgIpc) is 2.93. The molecule has 2 aromatic rings. The number of nitrogens with zero attached hydrogens (tertiary/aromatic N) is 3. The summed E-state index contributed by atoms with van der Waals surface area (Å²) in [5.41, 5.74) is 0.892. The number of rotatable bonds is 3. The van der Waals surface area contributed by atoms with E-state index in [4.69, 9.17) is 9.15 Å². The number of aromatic nitrogens is 2. The molecule has 0 N–H and O–H groups in total. The molecule has 1 aliphatic rings. The Bertz CT molecular complexity index is 688. The number of carbonyl (C=O) groups excluding carboxylic acids is 1. The molecule has 0 aliphatic carbocycles. The normalized spacial score (nSPS) is 15.7. The summed E-state index contributed by atoms with van der Waals surface area (Å²) in [6.45, 7) is 5.06. The van der Waals surface area contributed by atoms with Crippen molar-refractivity contribution in [3.05, 3.63) is 40.1 Å². The van der Waals surface area contributed by atoms with Crippen LogP contribution >= 0.6 is 15.9 Å². The maximum atomic E-state index is 12.3. The summed E-state index contributed by atoms with van der Waals surface area (Å²) in [6, 6.07) is 5.25. The standard InChI is InChI=1S/C16H18BrN3O3/c1-10-9-15(19-11(2)18-10)22-12-5-7-20(8-6-12)16(21)13-3-4-14(17)23-13/h3-4,9,12H,5-8H2,1-2H3. The fourth-order valence-corrected chi connectivity index (χ4v) is 2.98. The number of hydrogen-bond donors (Lipinski definition) is 0. The number of piperidine rings is 1. The van der Waals surface area contributed by atoms with Crippen molar-refractivity contribution in [3.8, 4) is 5.88 Å². The van der Waals surface area contributed by atoms with Gasteiger partial charge in [-0.3, -0.25) is 4.79 Å². The molecule has 122 valence electrons. The van der Waals surface area contributed by atoms with Crippen molar-refractivity contribution in [3.63, 3.8) is 0 Å². The van der Waals surface area contributed by atoms with E-state index in [-0.39, 0.29) is 12.0 Å². The minimum absolute atomic E-state index is 0.0658. The molecule has 1 fully saturated rings. The van der Waals surface area contributed by atoms with Crippen LogP contribution in [0.2, 0.25) is 0 Å². The quantitative estimate of drug-likeness (QED) is 0.819. The molecule has 0 aromatic carbocycles. The van der Waals surface area contributed by atoms with Gasteiger partial charge in [0.25, 0.3) is 5.91 Å². The van der Waals surface area contributed by atoms with Crippen LogP contribution in [-0.2, 0) is 0 Å². The van der Waals surface area contributed by atoms with Gasteiger partial charge in [-0.1, -0.05) is 0 Å². The summed E-state index contributed by atoms with van der Waals surface area (Å²) in [4.78, 5) is 22.6. The summed E-state index contributed by atoms with van der Waals surface area (Å²) in [5.74, 6) is 1.59. The van der Waals surface area contributed by atoms with Crippen molar-refractivity contribution in [2.24, 2.45) is 0 Å². The zero-order valence-electron chi connectivity index (χ0n) is 13.1. The largest absolute Gasteiger partial charge is 0.474 e. The molecule has 0 atom stereocenters. The summed E-state index contributed by atoms with van der Waals surface area (Å²) < 4.78 is 11.8. The predicted octanol–water partition coefficient (Wildman–Crippen LogP) is 3.13. The average molecular weight is 380 g/mol. The maximum Gasteiger partial charge on any atom is 0.289 e. The number of aryl methyl sites for hydroxylation is 2. The van der Waals surface area contributed by atoms with Gasteiger partial charge in [0.2, 0.25) is 5.88 Å². The van der Waals surface area contributed by atoms with Crippen LogP contribution < -0.4 is 4.74 Å². The van der Waals surface area contributed by atoms with E-state index in [0.717, 1.165) is 18.5 Å². The number of ether oxygens (including phenoxy) is 1. The second-order valence-corrected chi connectivity index (χ2v) is 6.39. The fraction of sp³-hybridized carbons (Fsp3) is 0.438. The molecule has 23 heavy (non-hydrogen) atoms. The molecule has 0 saturated carbocycles. The Morgan fingerprint density at radius 1 is 1.30 bits per heavy atom. The lowest BCUT2D eigenvalue weighted by Crippen LogP contribution is -2.41. The van der Waals surface area contributed by atoms with Gasteiger partial charge in [0, 0.05) is 37.7 Å². The van der Waals surface area contributed by atoms with Crippen LogP contribution in [0.25, 0.3) is 0 Å². The second-order valence-electron chi connectivity index (χ2n) is 5.61. The van der Waals surface area contributed by atoms with E-state index in [2.05, 4.69) is 25.9 Å². The minimum Gasteiger partial charge on any atom is -0.474 e. The Morgan fingerprint density at radius 2 is 2.04 bits per heavy atom. The number of halogens is 1. The topological polar surface area (TPSA) is 68.5 Å². The smallest absolute Gasteiger partial charge is 0.289 e. The Balaban J connectivity index is 1.57. The monoisotopic (exact) mass is 379 g/mol. The lowest BCUT2D eigenvalue weighted by atomic mass is 10.1. The number of hydrogen-bond acceptors (Lipinski definition) is 5. The molecule has 6 nitrogen and oxygen atoms in total. The summed E-state index contributed by atoms with van der Waals surface area (Å²) in [7, 11) is 0. The molecular weight excluding hydrogens is 362 g/mol. The molecule has 1 amide bonds. The molecule has 2 aromatic heterocycles. The lowest BCUT2D eigenvalue weighted by molar-refractivity contribution is 0.0558. The van der Waals surface area contributed by atoms with E-state index in [1.54, 1.807) is 17.0 Å². The molecular formula is C16H18BrN3O3. The van der Waals surface area contributed by atoms with Gasteiger partial charge in [-0.2, -0.15) is 4.98 Å². The van der Waals surface area contributed by atoms with Gasteiger partial charge >= 0.3 is 0 Å². The minimum atomic E-state index is -0.0807. The van der Waals surface area contributed by atoms with E-state index in [1.807, 2.05) is 19.9 Å². The highest BCUT2D eigenvalue weighted by Gasteiger charge is 2.26. The zero-order valence-corrected chi connectivity index (χ0v) is 14.7.